The third-order valence-electron chi connectivity index (χ3n) is 4.04. The van der Waals surface area contributed by atoms with Gasteiger partial charge in [0.25, 0.3) is 5.91 Å². The van der Waals surface area contributed by atoms with Gasteiger partial charge in [-0.05, 0) is 23.6 Å². The Balaban J connectivity index is 1.76. The average Bonchev–Trinajstić information content (AvgIpc) is 3.14. The number of carbonyl (C=O) groups is 3. The second-order valence-electron chi connectivity index (χ2n) is 5.77. The molecular formula is C18H19N3O5S. The van der Waals surface area contributed by atoms with Crippen LogP contribution >= 0.6 is 11.3 Å². The Kier molecular flexibility index (Phi) is 5.60. The van der Waals surface area contributed by atoms with Gasteiger partial charge in [-0.3, -0.25) is 9.59 Å². The Morgan fingerprint density at radius 2 is 2.07 bits per heavy atom. The SMILES string of the molecule is CNC(=O)C1CN(CC(=O)Nc2ccsc2C(=O)OC)c2ccccc2O1. The summed E-state index contributed by atoms with van der Waals surface area (Å²) >= 11 is 1.19. The number of esters is 1. The number of likely N-dealkylation sites (N-methyl/N-ethyl adjacent to an activating group) is 1. The van der Waals surface area contributed by atoms with Gasteiger partial charge in [-0.25, -0.2) is 4.79 Å². The van der Waals surface area contributed by atoms with Crippen molar-refractivity contribution in [2.75, 3.05) is 37.5 Å². The molecule has 9 heteroatoms. The average molecular weight is 389 g/mol. The molecule has 142 valence electrons. The maximum absolute atomic E-state index is 12.6. The van der Waals surface area contributed by atoms with Crippen molar-refractivity contribution in [2.45, 2.75) is 6.10 Å². The molecule has 3 rings (SSSR count). The van der Waals surface area contributed by atoms with E-state index in [1.807, 2.05) is 12.1 Å². The van der Waals surface area contributed by atoms with Crippen LogP contribution in [0.5, 0.6) is 5.75 Å². The first kappa shape index (κ1) is 18.7. The number of thiophene rings is 1. The van der Waals surface area contributed by atoms with Crippen LogP contribution in [-0.2, 0) is 14.3 Å². The summed E-state index contributed by atoms with van der Waals surface area (Å²) in [5.74, 6) is -0.542. The molecule has 1 unspecified atom stereocenters. The van der Waals surface area contributed by atoms with Crippen LogP contribution in [0, 0.1) is 0 Å². The van der Waals surface area contributed by atoms with Crippen LogP contribution < -0.4 is 20.3 Å². The van der Waals surface area contributed by atoms with Crippen LogP contribution in [0.1, 0.15) is 9.67 Å². The Labute approximate surface area is 160 Å². The molecular weight excluding hydrogens is 370 g/mol. The number of rotatable bonds is 5. The highest BCUT2D eigenvalue weighted by Crippen LogP contribution is 2.33. The Hall–Kier alpha value is -3.07. The summed E-state index contributed by atoms with van der Waals surface area (Å²) in [4.78, 5) is 38.4. The van der Waals surface area contributed by atoms with Crippen LogP contribution in [-0.4, -0.2) is 51.1 Å². The Bertz CT molecular complexity index is 866. The second-order valence-corrected chi connectivity index (χ2v) is 6.69. The van der Waals surface area contributed by atoms with E-state index < -0.39 is 12.1 Å². The molecule has 1 aromatic heterocycles. The van der Waals surface area contributed by atoms with Gasteiger partial charge in [-0.1, -0.05) is 12.1 Å². The summed E-state index contributed by atoms with van der Waals surface area (Å²) in [6, 6.07) is 8.87. The fourth-order valence-corrected chi connectivity index (χ4v) is 3.54. The first-order valence-corrected chi connectivity index (χ1v) is 9.09. The number of carbonyl (C=O) groups excluding carboxylic acids is 3. The number of benzene rings is 1. The molecule has 0 bridgehead atoms. The molecule has 0 saturated heterocycles. The number of anilines is 2. The van der Waals surface area contributed by atoms with Crippen LogP contribution in [0.2, 0.25) is 0 Å². The van der Waals surface area contributed by atoms with Crippen LogP contribution in [0.15, 0.2) is 35.7 Å². The van der Waals surface area contributed by atoms with Gasteiger partial charge < -0.3 is 25.0 Å². The van der Waals surface area contributed by atoms with E-state index in [1.165, 1.54) is 25.5 Å². The molecule has 1 atom stereocenters. The molecule has 1 aliphatic rings. The topological polar surface area (TPSA) is 97.0 Å². The lowest BCUT2D eigenvalue weighted by Crippen LogP contribution is -2.50. The van der Waals surface area contributed by atoms with Gasteiger partial charge in [0.1, 0.15) is 10.6 Å². The van der Waals surface area contributed by atoms with Crippen LogP contribution in [0.25, 0.3) is 0 Å². The maximum Gasteiger partial charge on any atom is 0.350 e. The third-order valence-corrected chi connectivity index (χ3v) is 4.94. The van der Waals surface area contributed by atoms with Gasteiger partial charge in [0.05, 0.1) is 31.6 Å². The molecule has 0 fully saturated rings. The minimum Gasteiger partial charge on any atom is -0.477 e. The molecule has 0 saturated carbocycles. The zero-order chi connectivity index (χ0) is 19.4. The van der Waals surface area contributed by atoms with Crippen molar-refractivity contribution in [2.24, 2.45) is 0 Å². The van der Waals surface area contributed by atoms with Crippen molar-refractivity contribution >= 4 is 40.5 Å². The van der Waals surface area contributed by atoms with Gasteiger partial charge in [0.2, 0.25) is 5.91 Å². The highest BCUT2D eigenvalue weighted by Gasteiger charge is 2.31. The number of nitrogens with zero attached hydrogens (tertiary/aromatic N) is 1. The Morgan fingerprint density at radius 1 is 1.30 bits per heavy atom. The summed E-state index contributed by atoms with van der Waals surface area (Å²) in [5, 5.41) is 6.99. The highest BCUT2D eigenvalue weighted by molar-refractivity contribution is 7.12. The zero-order valence-electron chi connectivity index (χ0n) is 14.9. The minimum absolute atomic E-state index is 0.00429. The lowest BCUT2D eigenvalue weighted by molar-refractivity contribution is -0.127. The van der Waals surface area contributed by atoms with E-state index >= 15 is 0 Å². The summed E-state index contributed by atoms with van der Waals surface area (Å²) in [6.07, 6.45) is -0.718. The predicted octanol–water partition coefficient (Wildman–Crippen LogP) is 1.49. The molecule has 1 aliphatic heterocycles. The predicted molar refractivity (Wildman–Crippen MR) is 101 cm³/mol. The first-order chi connectivity index (χ1) is 13.0. The molecule has 0 radical (unpaired) electrons. The monoisotopic (exact) mass is 389 g/mol. The molecule has 8 nitrogen and oxygen atoms in total. The number of hydrogen-bond acceptors (Lipinski definition) is 7. The van der Waals surface area contributed by atoms with E-state index in [2.05, 4.69) is 10.6 Å². The number of methoxy groups -OCH3 is 1. The number of amides is 2. The molecule has 2 amide bonds. The first-order valence-electron chi connectivity index (χ1n) is 8.21. The van der Waals surface area contributed by atoms with Crippen molar-refractivity contribution in [1.82, 2.24) is 5.32 Å². The quantitative estimate of drug-likeness (QED) is 0.752. The summed E-state index contributed by atoms with van der Waals surface area (Å²) < 4.78 is 10.4. The fraction of sp³-hybridized carbons (Fsp3) is 0.278. The Morgan fingerprint density at radius 3 is 2.81 bits per heavy atom. The van der Waals surface area contributed by atoms with Crippen LogP contribution in [0.3, 0.4) is 0 Å². The van der Waals surface area contributed by atoms with E-state index in [0.29, 0.717) is 16.3 Å². The third kappa shape index (κ3) is 4.03. The number of para-hydroxylation sites is 2. The number of nitrogens with one attached hydrogen (secondary N) is 2. The standard InChI is InChI=1S/C18H19N3O5S/c1-19-17(23)14-9-21(12-5-3-4-6-13(12)26-14)10-15(22)20-11-7-8-27-16(11)18(24)25-2/h3-8,14H,9-10H2,1-2H3,(H,19,23)(H,20,22). The van der Waals surface area contributed by atoms with Crippen molar-refractivity contribution in [1.29, 1.82) is 0 Å². The highest BCUT2D eigenvalue weighted by atomic mass is 32.1. The van der Waals surface area contributed by atoms with E-state index in [9.17, 15) is 14.4 Å². The molecule has 2 heterocycles. The normalized spacial score (nSPS) is 15.3. The summed E-state index contributed by atoms with van der Waals surface area (Å²) in [5.41, 5.74) is 1.13. The summed E-state index contributed by atoms with van der Waals surface area (Å²) in [7, 11) is 2.82. The van der Waals surface area contributed by atoms with E-state index in [-0.39, 0.29) is 24.9 Å². The smallest absolute Gasteiger partial charge is 0.350 e. The van der Waals surface area contributed by atoms with Crippen LogP contribution in [0.4, 0.5) is 11.4 Å². The fourth-order valence-electron chi connectivity index (χ4n) is 2.78. The molecule has 1 aromatic carbocycles. The van der Waals surface area contributed by atoms with Crippen molar-refractivity contribution in [3.63, 3.8) is 0 Å². The van der Waals surface area contributed by atoms with E-state index in [4.69, 9.17) is 9.47 Å². The largest absolute Gasteiger partial charge is 0.477 e. The number of fused-ring (bicyclic) bond motifs is 1. The number of ether oxygens (including phenoxy) is 2. The molecule has 2 aromatic rings. The lowest BCUT2D eigenvalue weighted by atomic mass is 10.1. The van der Waals surface area contributed by atoms with Gasteiger partial charge in [0, 0.05) is 7.05 Å². The van der Waals surface area contributed by atoms with Gasteiger partial charge in [0.15, 0.2) is 6.10 Å². The minimum atomic E-state index is -0.718. The van der Waals surface area contributed by atoms with E-state index in [1.54, 1.807) is 28.5 Å². The molecule has 0 aliphatic carbocycles. The van der Waals surface area contributed by atoms with Crippen molar-refractivity contribution in [3.05, 3.63) is 40.6 Å². The van der Waals surface area contributed by atoms with E-state index in [0.717, 1.165) is 5.69 Å². The summed E-state index contributed by atoms with van der Waals surface area (Å²) in [6.45, 7) is 0.238. The maximum atomic E-state index is 12.6. The molecule has 0 spiro atoms. The molecule has 2 N–H and O–H groups in total. The molecule has 27 heavy (non-hydrogen) atoms. The van der Waals surface area contributed by atoms with Gasteiger partial charge in [-0.15, -0.1) is 11.3 Å². The van der Waals surface area contributed by atoms with Gasteiger partial charge in [-0.2, -0.15) is 0 Å². The van der Waals surface area contributed by atoms with Gasteiger partial charge >= 0.3 is 5.97 Å². The zero-order valence-corrected chi connectivity index (χ0v) is 15.7. The van der Waals surface area contributed by atoms with Crippen molar-refractivity contribution in [3.8, 4) is 5.75 Å². The van der Waals surface area contributed by atoms with Crippen molar-refractivity contribution < 1.29 is 23.9 Å². The number of hydrogen-bond donors (Lipinski definition) is 2. The second kappa shape index (κ2) is 8.09. The lowest BCUT2D eigenvalue weighted by Gasteiger charge is -2.34.